The van der Waals surface area contributed by atoms with E-state index in [0.29, 0.717) is 11.4 Å². The highest BCUT2D eigenvalue weighted by Crippen LogP contribution is 2.16. The van der Waals surface area contributed by atoms with Gasteiger partial charge in [-0.2, -0.15) is 0 Å². The number of carbonyl (C=O) groups is 1. The summed E-state index contributed by atoms with van der Waals surface area (Å²) in [5.41, 5.74) is 6.67. The second-order valence-corrected chi connectivity index (χ2v) is 4.35. The van der Waals surface area contributed by atoms with E-state index in [-0.39, 0.29) is 11.9 Å². The number of amides is 1. The second-order valence-electron chi connectivity index (χ2n) is 3.91. The van der Waals surface area contributed by atoms with Gasteiger partial charge in [-0.05, 0) is 31.0 Å². The third-order valence-corrected chi connectivity index (χ3v) is 2.74. The third-order valence-electron chi connectivity index (χ3n) is 2.49. The minimum Gasteiger partial charge on any atom is -0.348 e. The summed E-state index contributed by atoms with van der Waals surface area (Å²) in [6.45, 7) is 5.46. The number of rotatable bonds is 5. The standard InChI is InChI=1S/C13H17ClN2O/c1-3-4-12(15)13(17)16-9(2)10-5-7-11(14)8-6-10/h3,5-9,12H,1,4,15H2,2H3,(H,16,17)/t9-,12?/m0/s1. The minimum atomic E-state index is -0.540. The van der Waals surface area contributed by atoms with Crippen LogP contribution in [0.1, 0.15) is 24.9 Å². The van der Waals surface area contributed by atoms with E-state index in [1.165, 1.54) is 0 Å². The van der Waals surface area contributed by atoms with E-state index in [0.717, 1.165) is 5.56 Å². The molecule has 0 saturated carbocycles. The van der Waals surface area contributed by atoms with Crippen LogP contribution < -0.4 is 11.1 Å². The van der Waals surface area contributed by atoms with E-state index in [1.54, 1.807) is 18.2 Å². The number of hydrogen-bond donors (Lipinski definition) is 2. The molecule has 1 aromatic carbocycles. The topological polar surface area (TPSA) is 55.1 Å². The first kappa shape index (κ1) is 13.7. The van der Waals surface area contributed by atoms with Gasteiger partial charge in [-0.25, -0.2) is 0 Å². The molecule has 0 aliphatic rings. The number of halogens is 1. The zero-order valence-electron chi connectivity index (χ0n) is 9.82. The monoisotopic (exact) mass is 252 g/mol. The highest BCUT2D eigenvalue weighted by atomic mass is 35.5. The molecule has 0 heterocycles. The molecule has 0 fully saturated rings. The summed E-state index contributed by atoms with van der Waals surface area (Å²) in [6.07, 6.45) is 2.11. The molecule has 1 rings (SSSR count). The zero-order chi connectivity index (χ0) is 12.8. The van der Waals surface area contributed by atoms with E-state index in [2.05, 4.69) is 11.9 Å². The van der Waals surface area contributed by atoms with E-state index in [1.807, 2.05) is 19.1 Å². The van der Waals surface area contributed by atoms with E-state index in [4.69, 9.17) is 17.3 Å². The summed E-state index contributed by atoms with van der Waals surface area (Å²) in [6, 6.07) is 6.73. The van der Waals surface area contributed by atoms with Crippen molar-refractivity contribution in [3.8, 4) is 0 Å². The predicted octanol–water partition coefficient (Wildman–Crippen LogP) is 2.42. The molecule has 0 bridgehead atoms. The van der Waals surface area contributed by atoms with Crippen LogP contribution in [0, 0.1) is 0 Å². The maximum atomic E-state index is 11.7. The fourth-order valence-corrected chi connectivity index (χ4v) is 1.57. The average molecular weight is 253 g/mol. The Labute approximate surface area is 107 Å². The van der Waals surface area contributed by atoms with Gasteiger partial charge in [0.15, 0.2) is 0 Å². The molecule has 0 aliphatic carbocycles. The number of nitrogens with two attached hydrogens (primary N) is 1. The number of benzene rings is 1. The number of hydrogen-bond acceptors (Lipinski definition) is 2. The highest BCUT2D eigenvalue weighted by molar-refractivity contribution is 6.30. The van der Waals surface area contributed by atoms with Crippen LogP contribution in [0.4, 0.5) is 0 Å². The number of nitrogens with one attached hydrogen (secondary N) is 1. The molecule has 4 heteroatoms. The molecule has 17 heavy (non-hydrogen) atoms. The quantitative estimate of drug-likeness (QED) is 0.791. The van der Waals surface area contributed by atoms with E-state index >= 15 is 0 Å². The van der Waals surface area contributed by atoms with Crippen molar-refractivity contribution in [1.82, 2.24) is 5.32 Å². The molecule has 3 N–H and O–H groups in total. The van der Waals surface area contributed by atoms with E-state index < -0.39 is 6.04 Å². The Morgan fingerprint density at radius 2 is 2.12 bits per heavy atom. The summed E-state index contributed by atoms with van der Waals surface area (Å²) < 4.78 is 0. The molecule has 0 radical (unpaired) electrons. The molecule has 0 spiro atoms. The Bertz CT molecular complexity index is 389. The minimum absolute atomic E-state index is 0.0874. The van der Waals surface area contributed by atoms with Gasteiger partial charge in [0.05, 0.1) is 12.1 Å². The van der Waals surface area contributed by atoms with Crippen LogP contribution in [0.5, 0.6) is 0 Å². The maximum Gasteiger partial charge on any atom is 0.237 e. The van der Waals surface area contributed by atoms with Gasteiger partial charge >= 0.3 is 0 Å². The average Bonchev–Trinajstić information content (AvgIpc) is 2.30. The normalized spacial score (nSPS) is 13.8. The molecule has 0 aromatic heterocycles. The first-order valence-corrected chi connectivity index (χ1v) is 5.84. The lowest BCUT2D eigenvalue weighted by atomic mass is 10.1. The number of carbonyl (C=O) groups excluding carboxylic acids is 1. The SMILES string of the molecule is C=CCC(N)C(=O)N[C@@H](C)c1ccc(Cl)cc1. The Morgan fingerprint density at radius 3 is 2.65 bits per heavy atom. The van der Waals surface area contributed by atoms with Crippen LogP contribution in [0.3, 0.4) is 0 Å². The van der Waals surface area contributed by atoms with Gasteiger partial charge in [0.2, 0.25) is 5.91 Å². The second kappa shape index (κ2) is 6.42. The molecular formula is C13H17ClN2O. The molecular weight excluding hydrogens is 236 g/mol. The third kappa shape index (κ3) is 4.21. The first-order valence-electron chi connectivity index (χ1n) is 5.47. The molecule has 3 nitrogen and oxygen atoms in total. The Kier molecular flexibility index (Phi) is 5.19. The van der Waals surface area contributed by atoms with Crippen molar-refractivity contribution in [2.45, 2.75) is 25.4 Å². The zero-order valence-corrected chi connectivity index (χ0v) is 10.6. The van der Waals surface area contributed by atoms with Crippen molar-refractivity contribution in [2.75, 3.05) is 0 Å². The van der Waals surface area contributed by atoms with E-state index in [9.17, 15) is 4.79 Å². The lowest BCUT2D eigenvalue weighted by Gasteiger charge is -2.17. The van der Waals surface area contributed by atoms with Crippen molar-refractivity contribution >= 4 is 17.5 Å². The van der Waals surface area contributed by atoms with Gasteiger partial charge in [0, 0.05) is 5.02 Å². The van der Waals surface area contributed by atoms with Crippen LogP contribution >= 0.6 is 11.6 Å². The summed E-state index contributed by atoms with van der Waals surface area (Å²) in [4.78, 5) is 11.7. The smallest absolute Gasteiger partial charge is 0.237 e. The van der Waals surface area contributed by atoms with Gasteiger partial charge in [-0.3, -0.25) is 4.79 Å². The van der Waals surface area contributed by atoms with Gasteiger partial charge in [-0.15, -0.1) is 6.58 Å². The molecule has 1 amide bonds. The summed E-state index contributed by atoms with van der Waals surface area (Å²) >= 11 is 5.80. The predicted molar refractivity (Wildman–Crippen MR) is 70.8 cm³/mol. The summed E-state index contributed by atoms with van der Waals surface area (Å²) in [5.74, 6) is -0.174. The molecule has 1 aromatic rings. The maximum absolute atomic E-state index is 11.7. The van der Waals surface area contributed by atoms with Crippen molar-refractivity contribution in [3.63, 3.8) is 0 Å². The van der Waals surface area contributed by atoms with Gasteiger partial charge in [0.1, 0.15) is 0 Å². The lowest BCUT2D eigenvalue weighted by molar-refractivity contribution is -0.122. The molecule has 1 unspecified atom stereocenters. The van der Waals surface area contributed by atoms with Crippen molar-refractivity contribution in [3.05, 3.63) is 47.5 Å². The summed E-state index contributed by atoms with van der Waals surface area (Å²) in [7, 11) is 0. The highest BCUT2D eigenvalue weighted by Gasteiger charge is 2.15. The molecule has 2 atom stereocenters. The van der Waals surface area contributed by atoms with Crippen molar-refractivity contribution in [2.24, 2.45) is 5.73 Å². The Morgan fingerprint density at radius 1 is 1.53 bits per heavy atom. The summed E-state index contributed by atoms with van der Waals surface area (Å²) in [5, 5.41) is 3.52. The van der Waals surface area contributed by atoms with Crippen molar-refractivity contribution in [1.29, 1.82) is 0 Å². The Balaban J connectivity index is 2.59. The fraction of sp³-hybridized carbons (Fsp3) is 0.308. The first-order chi connectivity index (χ1) is 8.04. The van der Waals surface area contributed by atoms with Crippen LogP contribution in [-0.2, 0) is 4.79 Å². The molecule has 0 aliphatic heterocycles. The van der Waals surface area contributed by atoms with Gasteiger partial charge in [0.25, 0.3) is 0 Å². The van der Waals surface area contributed by atoms with Crippen LogP contribution in [0.25, 0.3) is 0 Å². The van der Waals surface area contributed by atoms with Gasteiger partial charge in [-0.1, -0.05) is 29.8 Å². The van der Waals surface area contributed by atoms with Crippen LogP contribution in [0.15, 0.2) is 36.9 Å². The van der Waals surface area contributed by atoms with Crippen LogP contribution in [-0.4, -0.2) is 11.9 Å². The van der Waals surface area contributed by atoms with Gasteiger partial charge < -0.3 is 11.1 Å². The van der Waals surface area contributed by atoms with Crippen LogP contribution in [0.2, 0.25) is 5.02 Å². The molecule has 0 saturated heterocycles. The van der Waals surface area contributed by atoms with Crippen molar-refractivity contribution < 1.29 is 4.79 Å². The largest absolute Gasteiger partial charge is 0.348 e. The molecule has 92 valence electrons. The fourth-order valence-electron chi connectivity index (χ4n) is 1.44. The Hall–Kier alpha value is -1.32. The lowest BCUT2D eigenvalue weighted by Crippen LogP contribution is -2.41.